The van der Waals surface area contributed by atoms with Gasteiger partial charge in [0.05, 0.1) is 46.4 Å². The van der Waals surface area contributed by atoms with E-state index in [1.165, 1.54) is 6.33 Å². The maximum absolute atomic E-state index is 14.2. The van der Waals surface area contributed by atoms with E-state index in [0.29, 0.717) is 49.6 Å². The van der Waals surface area contributed by atoms with Crippen molar-refractivity contribution in [1.29, 1.82) is 0 Å². The predicted molar refractivity (Wildman–Crippen MR) is 170 cm³/mol. The van der Waals surface area contributed by atoms with Crippen molar-refractivity contribution in [3.8, 4) is 5.75 Å². The van der Waals surface area contributed by atoms with Crippen LogP contribution in [0, 0.1) is 6.92 Å². The highest BCUT2D eigenvalue weighted by Crippen LogP contribution is 2.43. The van der Waals surface area contributed by atoms with Gasteiger partial charge in [0, 0.05) is 18.5 Å². The van der Waals surface area contributed by atoms with Crippen LogP contribution in [-0.4, -0.2) is 77.3 Å². The molecule has 0 atom stereocenters. The summed E-state index contributed by atoms with van der Waals surface area (Å²) in [6.45, 7) is 2.48. The number of fused-ring (bicyclic) bond motifs is 3. The highest BCUT2D eigenvalue weighted by atomic mass is 35.5. The molecule has 2 amide bonds. The van der Waals surface area contributed by atoms with Crippen LogP contribution >= 0.6 is 11.6 Å². The molecule has 3 aliphatic rings. The molecule has 0 saturated carbocycles. The summed E-state index contributed by atoms with van der Waals surface area (Å²) in [6.07, 6.45) is 3.28. The van der Waals surface area contributed by atoms with E-state index < -0.39 is 34.5 Å². The maximum atomic E-state index is 14.2. The number of likely N-dealkylation sites (tertiary alicyclic amines) is 1. The number of carbonyl (C=O) groups excluding carboxylic acids is 2. The number of allylic oxidation sites excluding steroid dienone is 1. The number of halogens is 4. The molecule has 0 unspecified atom stereocenters. The number of anilines is 1. The van der Waals surface area contributed by atoms with Gasteiger partial charge in [-0.15, -0.1) is 5.10 Å². The molecule has 7 rings (SSSR count). The van der Waals surface area contributed by atoms with Gasteiger partial charge in [-0.3, -0.25) is 14.4 Å². The quantitative estimate of drug-likeness (QED) is 0.315. The van der Waals surface area contributed by atoms with Crippen LogP contribution in [0.3, 0.4) is 0 Å². The Labute approximate surface area is 280 Å². The number of carbonyl (C=O) groups is 2. The molecule has 1 saturated heterocycles. The monoisotopic (exact) mass is 696 g/mol. The molecule has 1 fully saturated rings. The standard InChI is InChI=1S/C32H28ClF3N8O5/c1-17-26(46)25(38-16-37-17)29(48)42-10-8-31(9-11-42)7-4-22-24(31)28(47)44-30(40-27(41-44)18-5-12-49-13-6-18)43(22)15-23(45)39-21-3-2-19(14-20(21)33)32(34,35)36/h2-5,7,14,16,46H,6,8-13,15H2,1H3,(H,39,45). The van der Waals surface area contributed by atoms with Gasteiger partial charge < -0.3 is 24.6 Å². The predicted octanol–water partition coefficient (Wildman–Crippen LogP) is 4.01. The van der Waals surface area contributed by atoms with Crippen molar-refractivity contribution in [3.63, 3.8) is 0 Å². The lowest BCUT2D eigenvalue weighted by Crippen LogP contribution is -2.46. The zero-order valence-corrected chi connectivity index (χ0v) is 26.7. The molecule has 0 radical (unpaired) electrons. The number of benzene rings is 1. The first-order valence-corrected chi connectivity index (χ1v) is 15.7. The van der Waals surface area contributed by atoms with E-state index in [4.69, 9.17) is 16.3 Å². The van der Waals surface area contributed by atoms with E-state index in [9.17, 15) is 32.7 Å². The maximum Gasteiger partial charge on any atom is 0.416 e. The molecule has 1 aliphatic carbocycles. The Morgan fingerprint density at radius 1 is 1.18 bits per heavy atom. The molecular formula is C32H28ClF3N8O5. The third-order valence-electron chi connectivity index (χ3n) is 9.12. The first kappa shape index (κ1) is 32.5. The fraction of sp³-hybridized carbons (Fsp3) is 0.344. The van der Waals surface area contributed by atoms with E-state index in [1.807, 2.05) is 12.2 Å². The van der Waals surface area contributed by atoms with Crippen LogP contribution in [0.1, 0.15) is 58.1 Å². The van der Waals surface area contributed by atoms with Crippen LogP contribution in [-0.2, 0) is 27.7 Å². The summed E-state index contributed by atoms with van der Waals surface area (Å²) >= 11 is 6.10. The fourth-order valence-electron chi connectivity index (χ4n) is 6.48. The number of aromatic nitrogens is 6. The Bertz CT molecular complexity index is 2150. The van der Waals surface area contributed by atoms with Crippen molar-refractivity contribution in [2.24, 2.45) is 0 Å². The van der Waals surface area contributed by atoms with Crippen molar-refractivity contribution in [3.05, 3.63) is 86.1 Å². The number of ether oxygens (including phenoxy) is 1. The third-order valence-corrected chi connectivity index (χ3v) is 9.43. The van der Waals surface area contributed by atoms with Crippen LogP contribution in [0.2, 0.25) is 5.02 Å². The molecule has 3 aromatic heterocycles. The Kier molecular flexibility index (Phi) is 8.02. The lowest BCUT2D eigenvalue weighted by atomic mass is 9.75. The number of aromatic hydroxyl groups is 1. The Morgan fingerprint density at radius 2 is 1.96 bits per heavy atom. The van der Waals surface area contributed by atoms with Crippen LogP contribution in [0.15, 0.2) is 41.5 Å². The largest absolute Gasteiger partial charge is 0.504 e. The van der Waals surface area contributed by atoms with Gasteiger partial charge in [0.25, 0.3) is 11.5 Å². The molecule has 1 spiro atoms. The van der Waals surface area contributed by atoms with Crippen LogP contribution < -0.4 is 10.9 Å². The van der Waals surface area contributed by atoms with E-state index in [-0.39, 0.29) is 53.3 Å². The summed E-state index contributed by atoms with van der Waals surface area (Å²) in [6, 6.07) is 2.63. The second-order valence-electron chi connectivity index (χ2n) is 12.0. The van der Waals surface area contributed by atoms with Gasteiger partial charge in [0.15, 0.2) is 17.3 Å². The average molecular weight is 697 g/mol. The van der Waals surface area contributed by atoms with Crippen molar-refractivity contribution in [2.45, 2.75) is 44.3 Å². The van der Waals surface area contributed by atoms with Crippen molar-refractivity contribution in [2.75, 3.05) is 31.6 Å². The van der Waals surface area contributed by atoms with Crippen LogP contribution in [0.5, 0.6) is 5.75 Å². The molecule has 2 aliphatic heterocycles. The van der Waals surface area contributed by atoms with Crippen LogP contribution in [0.25, 0.3) is 17.4 Å². The number of alkyl halides is 3. The third kappa shape index (κ3) is 5.73. The minimum atomic E-state index is -4.61. The number of piperidine rings is 1. The summed E-state index contributed by atoms with van der Waals surface area (Å²) in [5, 5.41) is 17.2. The minimum absolute atomic E-state index is 0.0168. The fourth-order valence-corrected chi connectivity index (χ4v) is 6.71. The highest BCUT2D eigenvalue weighted by molar-refractivity contribution is 6.33. The summed E-state index contributed by atoms with van der Waals surface area (Å²) in [7, 11) is 0. The van der Waals surface area contributed by atoms with Gasteiger partial charge >= 0.3 is 6.18 Å². The number of rotatable bonds is 5. The summed E-state index contributed by atoms with van der Waals surface area (Å²) in [5.74, 6) is -0.969. The minimum Gasteiger partial charge on any atom is -0.504 e. The van der Waals surface area contributed by atoms with Gasteiger partial charge in [-0.25, -0.2) is 9.97 Å². The first-order valence-electron chi connectivity index (χ1n) is 15.3. The number of aryl methyl sites for hydroxylation is 1. The van der Waals surface area contributed by atoms with Gasteiger partial charge in [0.1, 0.15) is 12.9 Å². The van der Waals surface area contributed by atoms with Crippen LogP contribution in [0.4, 0.5) is 18.9 Å². The number of hydrogen-bond donors (Lipinski definition) is 2. The van der Waals surface area contributed by atoms with Crippen molar-refractivity contribution >= 4 is 46.5 Å². The molecule has 254 valence electrons. The molecule has 13 nitrogen and oxygen atoms in total. The topological polar surface area (TPSA) is 157 Å². The van der Waals surface area contributed by atoms with E-state index >= 15 is 0 Å². The van der Waals surface area contributed by atoms with E-state index in [1.54, 1.807) is 22.5 Å². The number of hydrogen-bond acceptors (Lipinski definition) is 9. The summed E-state index contributed by atoms with van der Waals surface area (Å²) in [4.78, 5) is 55.0. The first-order chi connectivity index (χ1) is 23.4. The molecule has 17 heteroatoms. The van der Waals surface area contributed by atoms with Crippen molar-refractivity contribution in [1.82, 2.24) is 34.0 Å². The summed E-state index contributed by atoms with van der Waals surface area (Å²) in [5.41, 5.74) is -0.447. The van der Waals surface area contributed by atoms with E-state index in [0.717, 1.165) is 28.3 Å². The second kappa shape index (κ2) is 12.1. The Morgan fingerprint density at radius 3 is 2.65 bits per heavy atom. The second-order valence-corrected chi connectivity index (χ2v) is 12.4. The molecule has 2 N–H and O–H groups in total. The average Bonchev–Trinajstić information content (AvgIpc) is 3.69. The van der Waals surface area contributed by atoms with Gasteiger partial charge in [-0.2, -0.15) is 22.7 Å². The molecule has 49 heavy (non-hydrogen) atoms. The SMILES string of the molecule is Cc1ncnc(C(=O)N2CCC3(C=Cc4c3c(=O)n3nc(C5=CCOCC5)nc3n4CC(=O)Nc3ccc(C(F)(F)F)cc3Cl)CC2)c1O. The molecular weight excluding hydrogens is 669 g/mol. The summed E-state index contributed by atoms with van der Waals surface area (Å²) < 4.78 is 47.6. The number of amides is 2. The van der Waals surface area contributed by atoms with E-state index in [2.05, 4.69) is 25.4 Å². The number of nitrogens with zero attached hydrogens (tertiary/aromatic N) is 7. The van der Waals surface area contributed by atoms with Gasteiger partial charge in [0.2, 0.25) is 11.7 Å². The van der Waals surface area contributed by atoms with Gasteiger partial charge in [-0.05, 0) is 56.0 Å². The lowest BCUT2D eigenvalue weighted by Gasteiger charge is -2.38. The molecule has 1 aromatic carbocycles. The molecule has 4 aromatic rings. The zero-order valence-electron chi connectivity index (χ0n) is 25.9. The van der Waals surface area contributed by atoms with Gasteiger partial charge in [-0.1, -0.05) is 23.8 Å². The lowest BCUT2D eigenvalue weighted by molar-refractivity contribution is -0.137. The van der Waals surface area contributed by atoms with Crippen molar-refractivity contribution < 1.29 is 32.6 Å². The smallest absolute Gasteiger partial charge is 0.416 e. The molecule has 0 bridgehead atoms. The number of nitrogens with one attached hydrogen (secondary N) is 1. The highest BCUT2D eigenvalue weighted by Gasteiger charge is 2.44. The zero-order chi connectivity index (χ0) is 34.7. The Balaban J connectivity index is 1.24. The Hall–Kier alpha value is -5.09. The normalized spacial score (nSPS) is 17.0. The molecule has 5 heterocycles.